The second-order valence-corrected chi connectivity index (χ2v) is 4.01. The van der Waals surface area contributed by atoms with Crippen LogP contribution in [0.2, 0.25) is 0 Å². The summed E-state index contributed by atoms with van der Waals surface area (Å²) in [6.07, 6.45) is 1.52. The molecule has 0 spiro atoms. The van der Waals surface area contributed by atoms with Crippen molar-refractivity contribution in [3.05, 3.63) is 29.8 Å². The van der Waals surface area contributed by atoms with Gasteiger partial charge in [0.25, 0.3) is 0 Å². The summed E-state index contributed by atoms with van der Waals surface area (Å²) in [6, 6.07) is 7.49. The molecule has 0 unspecified atom stereocenters. The van der Waals surface area contributed by atoms with Crippen LogP contribution in [0, 0.1) is 0 Å². The van der Waals surface area contributed by atoms with E-state index in [1.54, 1.807) is 6.92 Å². The minimum absolute atomic E-state index is 0.183. The standard InChI is InChI=1S/C13H18N2O3/c1-10(16)2-3-11-4-6-12(7-5-11)18-9-8-13(17)15-14/h4-7H,2-3,8-9,14H2,1H3,(H,15,17). The Bertz CT molecular complexity index is 401. The number of ether oxygens (including phenoxy) is 1. The Morgan fingerprint density at radius 1 is 1.22 bits per heavy atom. The molecule has 0 saturated carbocycles. The summed E-state index contributed by atoms with van der Waals surface area (Å²) in [5, 5.41) is 0. The molecule has 0 aliphatic rings. The molecule has 0 radical (unpaired) electrons. The number of ketones is 1. The summed E-state index contributed by atoms with van der Waals surface area (Å²) in [6.45, 7) is 1.87. The van der Waals surface area contributed by atoms with Crippen molar-refractivity contribution in [3.8, 4) is 5.75 Å². The Kier molecular flexibility index (Phi) is 5.87. The lowest BCUT2D eigenvalue weighted by molar-refractivity contribution is -0.121. The number of rotatable bonds is 7. The van der Waals surface area contributed by atoms with E-state index in [1.807, 2.05) is 29.7 Å². The highest BCUT2D eigenvalue weighted by atomic mass is 16.5. The Labute approximate surface area is 106 Å². The summed E-state index contributed by atoms with van der Waals surface area (Å²) in [4.78, 5) is 21.7. The normalized spacial score (nSPS) is 9.89. The zero-order valence-corrected chi connectivity index (χ0v) is 10.4. The van der Waals surface area contributed by atoms with Crippen molar-refractivity contribution >= 4 is 11.7 Å². The Morgan fingerprint density at radius 2 is 1.89 bits per heavy atom. The fourth-order valence-corrected chi connectivity index (χ4v) is 1.41. The van der Waals surface area contributed by atoms with E-state index in [0.717, 1.165) is 12.0 Å². The number of hydrogen-bond acceptors (Lipinski definition) is 4. The first-order valence-electron chi connectivity index (χ1n) is 5.82. The lowest BCUT2D eigenvalue weighted by Gasteiger charge is -2.06. The highest BCUT2D eigenvalue weighted by Crippen LogP contribution is 2.13. The summed E-state index contributed by atoms with van der Waals surface area (Å²) < 4.78 is 5.38. The number of aryl methyl sites for hydroxylation is 1. The molecule has 0 aliphatic carbocycles. The number of hydrogen-bond donors (Lipinski definition) is 2. The molecule has 0 aromatic heterocycles. The van der Waals surface area contributed by atoms with Gasteiger partial charge in [-0.05, 0) is 31.0 Å². The first kappa shape index (κ1) is 14.2. The first-order valence-corrected chi connectivity index (χ1v) is 5.82. The van der Waals surface area contributed by atoms with Gasteiger partial charge in [0.15, 0.2) is 0 Å². The SMILES string of the molecule is CC(=O)CCc1ccc(OCCC(=O)NN)cc1. The molecule has 3 N–H and O–H groups in total. The van der Waals surface area contributed by atoms with E-state index in [2.05, 4.69) is 0 Å². The molecule has 1 aromatic carbocycles. The molecular formula is C13H18N2O3. The number of nitrogens with one attached hydrogen (secondary N) is 1. The van der Waals surface area contributed by atoms with Crippen LogP contribution in [-0.2, 0) is 16.0 Å². The Morgan fingerprint density at radius 3 is 2.44 bits per heavy atom. The maximum Gasteiger partial charge on any atom is 0.237 e. The zero-order valence-electron chi connectivity index (χ0n) is 10.4. The smallest absolute Gasteiger partial charge is 0.237 e. The van der Waals surface area contributed by atoms with Gasteiger partial charge in [-0.3, -0.25) is 10.2 Å². The molecule has 5 heteroatoms. The van der Waals surface area contributed by atoms with Gasteiger partial charge in [-0.2, -0.15) is 0 Å². The van der Waals surface area contributed by atoms with E-state index in [0.29, 0.717) is 12.2 Å². The summed E-state index contributed by atoms with van der Waals surface area (Å²) in [7, 11) is 0. The third-order valence-corrected chi connectivity index (χ3v) is 2.45. The lowest BCUT2D eigenvalue weighted by Crippen LogP contribution is -2.31. The molecule has 0 aliphatic heterocycles. The molecule has 0 atom stereocenters. The van der Waals surface area contributed by atoms with Crippen LogP contribution in [0.15, 0.2) is 24.3 Å². The van der Waals surface area contributed by atoms with Gasteiger partial charge in [0.2, 0.25) is 5.91 Å². The van der Waals surface area contributed by atoms with Crippen LogP contribution in [0.3, 0.4) is 0 Å². The second kappa shape index (κ2) is 7.45. The van der Waals surface area contributed by atoms with Crippen LogP contribution in [0.25, 0.3) is 0 Å². The Balaban J connectivity index is 2.35. The van der Waals surface area contributed by atoms with Crippen LogP contribution >= 0.6 is 0 Å². The average molecular weight is 250 g/mol. The number of carbonyl (C=O) groups excluding carboxylic acids is 2. The summed E-state index contributed by atoms with van der Waals surface area (Å²) >= 11 is 0. The van der Waals surface area contributed by atoms with Gasteiger partial charge in [0.1, 0.15) is 11.5 Å². The predicted molar refractivity (Wildman–Crippen MR) is 67.9 cm³/mol. The summed E-state index contributed by atoms with van der Waals surface area (Å²) in [5.74, 6) is 5.57. The number of carbonyl (C=O) groups is 2. The van der Waals surface area contributed by atoms with Gasteiger partial charge >= 0.3 is 0 Å². The molecule has 98 valence electrons. The maximum absolute atomic E-state index is 10.9. The molecule has 0 fully saturated rings. The molecule has 1 rings (SSSR count). The van der Waals surface area contributed by atoms with Gasteiger partial charge in [-0.15, -0.1) is 0 Å². The molecular weight excluding hydrogens is 232 g/mol. The highest BCUT2D eigenvalue weighted by Gasteiger charge is 2.00. The fraction of sp³-hybridized carbons (Fsp3) is 0.385. The van der Waals surface area contributed by atoms with Crippen molar-refractivity contribution in [1.82, 2.24) is 5.43 Å². The maximum atomic E-state index is 10.9. The monoisotopic (exact) mass is 250 g/mol. The number of nitrogens with two attached hydrogens (primary N) is 1. The third-order valence-electron chi connectivity index (χ3n) is 2.45. The quantitative estimate of drug-likeness (QED) is 0.429. The van der Waals surface area contributed by atoms with E-state index in [-0.39, 0.29) is 24.7 Å². The number of Topliss-reactive ketones (excluding diaryl/α,β-unsaturated/α-hetero) is 1. The minimum Gasteiger partial charge on any atom is -0.493 e. The van der Waals surface area contributed by atoms with E-state index in [4.69, 9.17) is 10.6 Å². The predicted octanol–water partition coefficient (Wildman–Crippen LogP) is 0.967. The van der Waals surface area contributed by atoms with Crippen LogP contribution in [0.1, 0.15) is 25.3 Å². The molecule has 1 aromatic rings. The van der Waals surface area contributed by atoms with Crippen molar-refractivity contribution in [2.75, 3.05) is 6.61 Å². The van der Waals surface area contributed by atoms with Gasteiger partial charge in [0, 0.05) is 6.42 Å². The molecule has 5 nitrogen and oxygen atoms in total. The van der Waals surface area contributed by atoms with E-state index in [9.17, 15) is 9.59 Å². The molecule has 0 heterocycles. The molecule has 0 saturated heterocycles. The summed E-state index contributed by atoms with van der Waals surface area (Å²) in [5.41, 5.74) is 3.13. The second-order valence-electron chi connectivity index (χ2n) is 4.01. The van der Waals surface area contributed by atoms with Crippen molar-refractivity contribution in [2.24, 2.45) is 5.84 Å². The van der Waals surface area contributed by atoms with Gasteiger partial charge < -0.3 is 9.53 Å². The largest absolute Gasteiger partial charge is 0.493 e. The van der Waals surface area contributed by atoms with Crippen LogP contribution in [0.5, 0.6) is 5.75 Å². The Hall–Kier alpha value is -1.88. The van der Waals surface area contributed by atoms with Crippen LogP contribution in [-0.4, -0.2) is 18.3 Å². The molecule has 18 heavy (non-hydrogen) atoms. The third kappa shape index (κ3) is 5.45. The fourth-order valence-electron chi connectivity index (χ4n) is 1.41. The molecule has 1 amide bonds. The van der Waals surface area contributed by atoms with Gasteiger partial charge in [0.05, 0.1) is 13.0 Å². The van der Waals surface area contributed by atoms with Gasteiger partial charge in [-0.1, -0.05) is 12.1 Å². The molecule has 0 bridgehead atoms. The van der Waals surface area contributed by atoms with E-state index < -0.39 is 0 Å². The van der Waals surface area contributed by atoms with Gasteiger partial charge in [-0.25, -0.2) is 5.84 Å². The number of hydrazine groups is 1. The van der Waals surface area contributed by atoms with Crippen LogP contribution < -0.4 is 16.0 Å². The number of benzene rings is 1. The zero-order chi connectivity index (χ0) is 13.4. The van der Waals surface area contributed by atoms with Crippen LogP contribution in [0.4, 0.5) is 0 Å². The highest BCUT2D eigenvalue weighted by molar-refractivity contribution is 5.75. The minimum atomic E-state index is -0.256. The van der Waals surface area contributed by atoms with Crippen molar-refractivity contribution in [3.63, 3.8) is 0 Å². The average Bonchev–Trinajstić information content (AvgIpc) is 2.37. The van der Waals surface area contributed by atoms with Crippen molar-refractivity contribution in [1.29, 1.82) is 0 Å². The number of amides is 1. The van der Waals surface area contributed by atoms with E-state index in [1.165, 1.54) is 0 Å². The van der Waals surface area contributed by atoms with E-state index >= 15 is 0 Å². The van der Waals surface area contributed by atoms with Crippen molar-refractivity contribution in [2.45, 2.75) is 26.2 Å². The topological polar surface area (TPSA) is 81.4 Å². The first-order chi connectivity index (χ1) is 8.61. The van der Waals surface area contributed by atoms with Crippen molar-refractivity contribution < 1.29 is 14.3 Å². The lowest BCUT2D eigenvalue weighted by atomic mass is 10.1.